The van der Waals surface area contributed by atoms with E-state index >= 15 is 0 Å². The zero-order chi connectivity index (χ0) is 9.52. The first kappa shape index (κ1) is 12.9. The smallest absolute Gasteiger partial charge is 0.0637 e. The molecule has 0 saturated carbocycles. The fraction of sp³-hybridized carbons (Fsp3) is 0.250. The lowest BCUT2D eigenvalue weighted by Gasteiger charge is -2.05. The Labute approximate surface area is 93.3 Å². The summed E-state index contributed by atoms with van der Waals surface area (Å²) in [7, 11) is 0. The van der Waals surface area contributed by atoms with E-state index in [0.29, 0.717) is 18.1 Å². The molecule has 14 heavy (non-hydrogen) atoms. The molecule has 0 fully saturated rings. The van der Waals surface area contributed by atoms with Crippen molar-refractivity contribution >= 4 is 29.7 Å². The molecule has 1 N–H and O–H groups in total. The van der Waals surface area contributed by atoms with Gasteiger partial charge in [-0.05, 0) is 17.7 Å². The molecule has 0 radical (unpaired) electrons. The Bertz CT molecular complexity index is 323. The predicted molar refractivity (Wildman–Crippen MR) is 61.2 cm³/mol. The normalized spacial score (nSPS) is 8.36. The monoisotopic (exact) mass is 232 g/mol. The average Bonchev–Trinajstić information content (AvgIpc) is 2.15. The molecular weight excluding hydrogens is 223 g/mol. The van der Waals surface area contributed by atoms with E-state index in [-0.39, 0.29) is 12.4 Å². The first-order valence-corrected chi connectivity index (χ1v) is 4.21. The van der Waals surface area contributed by atoms with Crippen molar-refractivity contribution in [1.82, 2.24) is 0 Å². The van der Waals surface area contributed by atoms with Gasteiger partial charge in [0, 0.05) is 18.0 Å². The van der Waals surface area contributed by atoms with Crippen LogP contribution >= 0.6 is 24.0 Å². The first-order valence-electron chi connectivity index (χ1n) is 3.84. The maximum atomic E-state index is 8.02. The number of azide groups is 1. The Morgan fingerprint density at radius 3 is 2.79 bits per heavy atom. The van der Waals surface area contributed by atoms with Crippen LogP contribution in [0.1, 0.15) is 0 Å². The van der Waals surface area contributed by atoms with Crippen molar-refractivity contribution in [2.75, 3.05) is 18.4 Å². The summed E-state index contributed by atoms with van der Waals surface area (Å²) in [6.45, 7) is 1.01. The number of halogens is 2. The highest BCUT2D eigenvalue weighted by atomic mass is 35.5. The molecular formula is C8H10Cl2N4. The molecule has 0 amide bonds. The first-order chi connectivity index (χ1) is 6.34. The van der Waals surface area contributed by atoms with Crippen molar-refractivity contribution in [3.05, 3.63) is 39.7 Å². The van der Waals surface area contributed by atoms with Crippen LogP contribution in [0.15, 0.2) is 29.4 Å². The number of hydrogen-bond acceptors (Lipinski definition) is 2. The second-order valence-electron chi connectivity index (χ2n) is 2.36. The Morgan fingerprint density at radius 1 is 1.43 bits per heavy atom. The van der Waals surface area contributed by atoms with E-state index in [9.17, 15) is 0 Å². The molecule has 0 aliphatic heterocycles. The number of nitrogens with zero attached hydrogens (tertiary/aromatic N) is 3. The van der Waals surface area contributed by atoms with E-state index in [1.807, 2.05) is 18.2 Å². The molecule has 0 saturated heterocycles. The summed E-state index contributed by atoms with van der Waals surface area (Å²) >= 11 is 5.87. The topological polar surface area (TPSA) is 60.8 Å². The summed E-state index contributed by atoms with van der Waals surface area (Å²) in [6.07, 6.45) is 0. The zero-order valence-electron chi connectivity index (χ0n) is 7.35. The van der Waals surface area contributed by atoms with Gasteiger partial charge in [-0.2, -0.15) is 0 Å². The molecule has 1 rings (SSSR count). The van der Waals surface area contributed by atoms with Gasteiger partial charge in [0.25, 0.3) is 0 Å². The van der Waals surface area contributed by atoms with Crippen LogP contribution < -0.4 is 5.32 Å². The van der Waals surface area contributed by atoms with Gasteiger partial charge in [-0.3, -0.25) is 0 Å². The molecule has 76 valence electrons. The minimum Gasteiger partial charge on any atom is -0.384 e. The van der Waals surface area contributed by atoms with Gasteiger partial charge in [0.2, 0.25) is 0 Å². The fourth-order valence-electron chi connectivity index (χ4n) is 0.890. The molecule has 6 heteroatoms. The Morgan fingerprint density at radius 2 is 2.14 bits per heavy atom. The van der Waals surface area contributed by atoms with Crippen LogP contribution in [0.5, 0.6) is 0 Å². The van der Waals surface area contributed by atoms with Crippen molar-refractivity contribution in [3.63, 3.8) is 0 Å². The summed E-state index contributed by atoms with van der Waals surface area (Å²) in [5.41, 5.74) is 8.88. The number of benzene rings is 1. The molecule has 1 aromatic carbocycles. The third-order valence-corrected chi connectivity index (χ3v) is 1.79. The van der Waals surface area contributed by atoms with Crippen LogP contribution in [0.3, 0.4) is 0 Å². The number of hydrogen-bond donors (Lipinski definition) is 1. The van der Waals surface area contributed by atoms with Gasteiger partial charge in [0.15, 0.2) is 0 Å². The highest BCUT2D eigenvalue weighted by Crippen LogP contribution is 2.19. The third-order valence-electron chi connectivity index (χ3n) is 1.46. The van der Waals surface area contributed by atoms with Crippen LogP contribution in [0, 0.1) is 0 Å². The number of anilines is 1. The SMILES string of the molecule is Cl.[N-]=[N+]=NCCNc1ccccc1Cl. The maximum absolute atomic E-state index is 8.02. The summed E-state index contributed by atoms with van der Waals surface area (Å²) in [5, 5.41) is 7.11. The largest absolute Gasteiger partial charge is 0.384 e. The van der Waals surface area contributed by atoms with Gasteiger partial charge in [0.1, 0.15) is 0 Å². The van der Waals surface area contributed by atoms with E-state index in [4.69, 9.17) is 17.1 Å². The lowest BCUT2D eigenvalue weighted by molar-refractivity contribution is 1.01. The summed E-state index contributed by atoms with van der Waals surface area (Å²) in [5.74, 6) is 0. The van der Waals surface area contributed by atoms with Crippen molar-refractivity contribution in [2.45, 2.75) is 0 Å². The minimum absolute atomic E-state index is 0. The number of para-hydroxylation sites is 1. The van der Waals surface area contributed by atoms with Crippen LogP contribution in [0.4, 0.5) is 5.69 Å². The Kier molecular flexibility index (Phi) is 6.76. The molecule has 0 unspecified atom stereocenters. The molecule has 0 aromatic heterocycles. The van der Waals surface area contributed by atoms with Gasteiger partial charge in [-0.1, -0.05) is 28.8 Å². The Hall–Kier alpha value is -1.09. The zero-order valence-corrected chi connectivity index (χ0v) is 8.92. The van der Waals surface area contributed by atoms with Crippen molar-refractivity contribution in [2.24, 2.45) is 5.11 Å². The second kappa shape index (κ2) is 7.33. The van der Waals surface area contributed by atoms with Crippen molar-refractivity contribution in [1.29, 1.82) is 0 Å². The van der Waals surface area contributed by atoms with E-state index in [1.165, 1.54) is 0 Å². The highest BCUT2D eigenvalue weighted by molar-refractivity contribution is 6.33. The summed E-state index contributed by atoms with van der Waals surface area (Å²) in [4.78, 5) is 2.64. The van der Waals surface area contributed by atoms with Crippen LogP contribution in [-0.2, 0) is 0 Å². The second-order valence-corrected chi connectivity index (χ2v) is 2.77. The molecule has 1 aromatic rings. The molecule has 0 spiro atoms. The van der Waals surface area contributed by atoms with E-state index in [1.54, 1.807) is 6.07 Å². The molecule has 0 aliphatic carbocycles. The summed E-state index contributed by atoms with van der Waals surface area (Å²) < 4.78 is 0. The number of rotatable bonds is 4. The van der Waals surface area contributed by atoms with E-state index in [2.05, 4.69) is 15.3 Å². The predicted octanol–water partition coefficient (Wildman–Crippen LogP) is 3.48. The summed E-state index contributed by atoms with van der Waals surface area (Å²) in [6, 6.07) is 7.43. The minimum atomic E-state index is 0. The molecule has 4 nitrogen and oxygen atoms in total. The molecule has 0 aliphatic rings. The van der Waals surface area contributed by atoms with Crippen molar-refractivity contribution < 1.29 is 0 Å². The van der Waals surface area contributed by atoms with E-state index in [0.717, 1.165) is 5.69 Å². The van der Waals surface area contributed by atoms with Gasteiger partial charge in [-0.25, -0.2) is 0 Å². The highest BCUT2D eigenvalue weighted by Gasteiger charge is 1.95. The maximum Gasteiger partial charge on any atom is 0.0637 e. The lowest BCUT2D eigenvalue weighted by Crippen LogP contribution is -2.04. The van der Waals surface area contributed by atoms with Gasteiger partial charge in [0.05, 0.1) is 10.7 Å². The van der Waals surface area contributed by atoms with Gasteiger partial charge < -0.3 is 5.32 Å². The third kappa shape index (κ3) is 4.23. The molecule has 0 heterocycles. The van der Waals surface area contributed by atoms with Crippen LogP contribution in [0.25, 0.3) is 10.4 Å². The van der Waals surface area contributed by atoms with Gasteiger partial charge in [-0.15, -0.1) is 12.4 Å². The van der Waals surface area contributed by atoms with Crippen LogP contribution in [-0.4, -0.2) is 13.1 Å². The quantitative estimate of drug-likeness (QED) is 0.368. The molecule has 0 atom stereocenters. The Balaban J connectivity index is 0.00000169. The van der Waals surface area contributed by atoms with E-state index < -0.39 is 0 Å². The average molecular weight is 233 g/mol. The fourth-order valence-corrected chi connectivity index (χ4v) is 1.09. The standard InChI is InChI=1S/C8H9ClN4.ClH/c9-7-3-1-2-4-8(7)11-5-6-12-13-10;/h1-4,11H,5-6H2;1H. The molecule has 0 bridgehead atoms. The van der Waals surface area contributed by atoms with Crippen molar-refractivity contribution in [3.8, 4) is 0 Å². The number of nitrogens with one attached hydrogen (secondary N) is 1. The van der Waals surface area contributed by atoms with Gasteiger partial charge >= 0.3 is 0 Å². The van der Waals surface area contributed by atoms with Crippen LogP contribution in [0.2, 0.25) is 5.02 Å². The lowest BCUT2D eigenvalue weighted by atomic mass is 10.3.